The van der Waals surface area contributed by atoms with Gasteiger partial charge in [-0.05, 0) is 18.2 Å². The molecule has 0 spiro atoms. The quantitative estimate of drug-likeness (QED) is 0.601. The standard InChI is InChI=1S/C16H9FN8O/c17-11-4-1-2-5-12(11)25-14(10(8-18)9-20-25)22-15(26)13-21-16-19-6-3-7-24(16)23-13/h1-7,9H,(H,22,26). The normalized spacial score (nSPS) is 10.6. The molecule has 26 heavy (non-hydrogen) atoms. The molecule has 3 aromatic heterocycles. The molecule has 0 saturated heterocycles. The van der Waals surface area contributed by atoms with Crippen LogP contribution in [0.2, 0.25) is 0 Å². The van der Waals surface area contributed by atoms with Crippen LogP contribution < -0.4 is 5.32 Å². The molecule has 4 rings (SSSR count). The molecule has 0 bridgehead atoms. The van der Waals surface area contributed by atoms with Crippen molar-refractivity contribution < 1.29 is 9.18 Å². The second kappa shape index (κ2) is 6.06. The number of nitriles is 1. The summed E-state index contributed by atoms with van der Waals surface area (Å²) in [6.07, 6.45) is 4.35. The molecule has 3 heterocycles. The highest BCUT2D eigenvalue weighted by atomic mass is 19.1. The summed E-state index contributed by atoms with van der Waals surface area (Å²) in [5, 5.41) is 19.8. The zero-order chi connectivity index (χ0) is 18.1. The molecule has 0 atom stereocenters. The van der Waals surface area contributed by atoms with Gasteiger partial charge in [0, 0.05) is 12.4 Å². The van der Waals surface area contributed by atoms with Crippen LogP contribution in [0.1, 0.15) is 16.2 Å². The Morgan fingerprint density at radius 2 is 2.12 bits per heavy atom. The lowest BCUT2D eigenvalue weighted by Gasteiger charge is -2.09. The molecule has 0 fully saturated rings. The third-order valence-electron chi connectivity index (χ3n) is 3.52. The molecule has 1 N–H and O–H groups in total. The van der Waals surface area contributed by atoms with Gasteiger partial charge in [0.1, 0.15) is 23.1 Å². The SMILES string of the molecule is N#Cc1cnn(-c2ccccc2F)c1NC(=O)c1nc2ncccn2n1. The molecule has 1 aromatic carbocycles. The topological polar surface area (TPSA) is 114 Å². The van der Waals surface area contributed by atoms with Crippen LogP contribution in [0.5, 0.6) is 0 Å². The molecule has 10 heteroatoms. The Balaban J connectivity index is 1.74. The lowest BCUT2D eigenvalue weighted by atomic mass is 10.3. The van der Waals surface area contributed by atoms with E-state index in [1.807, 2.05) is 6.07 Å². The number of fused-ring (bicyclic) bond motifs is 1. The molecular formula is C16H9FN8O. The van der Waals surface area contributed by atoms with Crippen molar-refractivity contribution in [2.45, 2.75) is 0 Å². The third kappa shape index (κ3) is 2.53. The van der Waals surface area contributed by atoms with Gasteiger partial charge in [-0.2, -0.15) is 15.3 Å². The molecule has 126 valence electrons. The van der Waals surface area contributed by atoms with Crippen molar-refractivity contribution in [3.8, 4) is 11.8 Å². The van der Waals surface area contributed by atoms with Gasteiger partial charge >= 0.3 is 0 Å². The monoisotopic (exact) mass is 348 g/mol. The smallest absolute Gasteiger partial charge is 0.296 e. The Morgan fingerprint density at radius 1 is 1.27 bits per heavy atom. The lowest BCUT2D eigenvalue weighted by Crippen LogP contribution is -2.18. The summed E-state index contributed by atoms with van der Waals surface area (Å²) < 4.78 is 16.6. The van der Waals surface area contributed by atoms with Gasteiger partial charge in [0.2, 0.25) is 5.82 Å². The first-order chi connectivity index (χ1) is 12.7. The Labute approximate surface area is 145 Å². The Bertz CT molecular complexity index is 1140. The highest BCUT2D eigenvalue weighted by Gasteiger charge is 2.20. The van der Waals surface area contributed by atoms with E-state index in [1.165, 1.54) is 35.1 Å². The molecular weight excluding hydrogens is 339 g/mol. The van der Waals surface area contributed by atoms with Gasteiger partial charge in [-0.3, -0.25) is 4.79 Å². The average Bonchev–Trinajstić information content (AvgIpc) is 3.26. The Hall–Kier alpha value is -4.13. The zero-order valence-electron chi connectivity index (χ0n) is 13.0. The van der Waals surface area contributed by atoms with Gasteiger partial charge in [-0.1, -0.05) is 12.1 Å². The van der Waals surface area contributed by atoms with E-state index in [1.54, 1.807) is 18.3 Å². The van der Waals surface area contributed by atoms with Crippen molar-refractivity contribution in [3.63, 3.8) is 0 Å². The fourth-order valence-electron chi connectivity index (χ4n) is 2.35. The van der Waals surface area contributed by atoms with Crippen LogP contribution in [0, 0.1) is 17.1 Å². The van der Waals surface area contributed by atoms with Crippen LogP contribution in [0.25, 0.3) is 11.5 Å². The van der Waals surface area contributed by atoms with Gasteiger partial charge in [-0.15, -0.1) is 5.10 Å². The van der Waals surface area contributed by atoms with Crippen molar-refractivity contribution >= 4 is 17.5 Å². The average molecular weight is 348 g/mol. The highest BCUT2D eigenvalue weighted by molar-refractivity contribution is 6.02. The summed E-state index contributed by atoms with van der Waals surface area (Å²) in [5.41, 5.74) is 0.164. The van der Waals surface area contributed by atoms with Crippen molar-refractivity contribution in [2.75, 3.05) is 5.32 Å². The van der Waals surface area contributed by atoms with Crippen molar-refractivity contribution in [2.24, 2.45) is 0 Å². The maximum Gasteiger partial charge on any atom is 0.296 e. The predicted molar refractivity (Wildman–Crippen MR) is 87.0 cm³/mol. The summed E-state index contributed by atoms with van der Waals surface area (Å²) in [6, 6.07) is 9.43. The van der Waals surface area contributed by atoms with E-state index < -0.39 is 11.7 Å². The summed E-state index contributed by atoms with van der Waals surface area (Å²) in [7, 11) is 0. The number of hydrogen-bond acceptors (Lipinski definition) is 6. The minimum atomic E-state index is -0.676. The Kier molecular flexibility index (Phi) is 3.59. The first-order valence-electron chi connectivity index (χ1n) is 7.39. The van der Waals surface area contributed by atoms with E-state index in [0.717, 1.165) is 4.68 Å². The second-order valence-electron chi connectivity index (χ2n) is 5.14. The molecule has 0 aliphatic carbocycles. The predicted octanol–water partition coefficient (Wildman–Crippen LogP) is 1.57. The number of rotatable bonds is 3. The largest absolute Gasteiger partial charge is 0.303 e. The number of hydrogen-bond donors (Lipinski definition) is 1. The first kappa shape index (κ1) is 15.4. The molecule has 0 aliphatic rings. The molecule has 1 amide bonds. The number of benzene rings is 1. The zero-order valence-corrected chi connectivity index (χ0v) is 13.0. The molecule has 0 unspecified atom stereocenters. The number of amides is 1. The van der Waals surface area contributed by atoms with E-state index in [9.17, 15) is 14.4 Å². The lowest BCUT2D eigenvalue weighted by molar-refractivity contribution is 0.101. The van der Waals surface area contributed by atoms with E-state index in [-0.39, 0.29) is 28.7 Å². The van der Waals surface area contributed by atoms with E-state index in [0.29, 0.717) is 0 Å². The van der Waals surface area contributed by atoms with Gasteiger partial charge in [0.05, 0.1) is 6.20 Å². The van der Waals surface area contributed by atoms with Crippen LogP contribution >= 0.6 is 0 Å². The summed E-state index contributed by atoms with van der Waals surface area (Å²) >= 11 is 0. The highest BCUT2D eigenvalue weighted by Crippen LogP contribution is 2.22. The number of nitrogens with zero attached hydrogens (tertiary/aromatic N) is 7. The van der Waals surface area contributed by atoms with Gasteiger partial charge in [0.15, 0.2) is 5.82 Å². The van der Waals surface area contributed by atoms with E-state index in [2.05, 4.69) is 25.5 Å². The maximum atomic E-state index is 14.1. The molecule has 0 radical (unpaired) electrons. The summed E-state index contributed by atoms with van der Waals surface area (Å²) in [4.78, 5) is 20.5. The van der Waals surface area contributed by atoms with Crippen LogP contribution in [0.4, 0.5) is 10.2 Å². The first-order valence-corrected chi connectivity index (χ1v) is 7.39. The number of para-hydroxylation sites is 1. The van der Waals surface area contributed by atoms with Crippen LogP contribution in [-0.4, -0.2) is 35.3 Å². The summed E-state index contributed by atoms with van der Waals surface area (Å²) in [5.74, 6) is -1.10. The minimum absolute atomic E-state index is 0.0226. The third-order valence-corrected chi connectivity index (χ3v) is 3.52. The number of carbonyl (C=O) groups is 1. The number of carbonyl (C=O) groups excluding carboxylic acids is 1. The van der Waals surface area contributed by atoms with Gasteiger partial charge in [-0.25, -0.2) is 18.6 Å². The summed E-state index contributed by atoms with van der Waals surface area (Å²) in [6.45, 7) is 0. The molecule has 9 nitrogen and oxygen atoms in total. The van der Waals surface area contributed by atoms with Crippen LogP contribution in [-0.2, 0) is 0 Å². The fraction of sp³-hybridized carbons (Fsp3) is 0. The van der Waals surface area contributed by atoms with Crippen molar-refractivity contribution in [1.82, 2.24) is 29.4 Å². The van der Waals surface area contributed by atoms with Crippen LogP contribution in [0.15, 0.2) is 48.9 Å². The minimum Gasteiger partial charge on any atom is -0.303 e. The van der Waals surface area contributed by atoms with Crippen molar-refractivity contribution in [3.05, 3.63) is 66.1 Å². The van der Waals surface area contributed by atoms with Gasteiger partial charge in [0.25, 0.3) is 11.7 Å². The molecule has 0 saturated carbocycles. The second-order valence-corrected chi connectivity index (χ2v) is 5.14. The number of aromatic nitrogens is 6. The number of halogens is 1. The van der Waals surface area contributed by atoms with E-state index >= 15 is 0 Å². The van der Waals surface area contributed by atoms with E-state index in [4.69, 9.17) is 0 Å². The maximum absolute atomic E-state index is 14.1. The Morgan fingerprint density at radius 3 is 2.88 bits per heavy atom. The molecule has 4 aromatic rings. The number of anilines is 1. The van der Waals surface area contributed by atoms with Crippen molar-refractivity contribution in [1.29, 1.82) is 5.26 Å². The fourth-order valence-corrected chi connectivity index (χ4v) is 2.35. The van der Waals surface area contributed by atoms with Crippen LogP contribution in [0.3, 0.4) is 0 Å². The number of nitrogens with one attached hydrogen (secondary N) is 1. The molecule has 0 aliphatic heterocycles. The van der Waals surface area contributed by atoms with Gasteiger partial charge < -0.3 is 5.32 Å².